The van der Waals surface area contributed by atoms with E-state index in [-0.39, 0.29) is 0 Å². The monoisotopic (exact) mass is 292 g/mol. The maximum Gasteiger partial charge on any atom is 0.160 e. The second-order valence-corrected chi connectivity index (χ2v) is 5.95. The number of thiophene rings is 1. The molecule has 3 nitrogen and oxygen atoms in total. The summed E-state index contributed by atoms with van der Waals surface area (Å²) in [7, 11) is 3.23. The number of methoxy groups -OCH3 is 2. The Morgan fingerprint density at radius 1 is 1.05 bits per heavy atom. The average Bonchev–Trinajstić information content (AvgIpc) is 2.90. The lowest BCUT2D eigenvalue weighted by Crippen LogP contribution is -2.29. The van der Waals surface area contributed by atoms with Crippen molar-refractivity contribution in [3.63, 3.8) is 0 Å². The lowest BCUT2D eigenvalue weighted by atomic mass is 9.90. The molecule has 0 aliphatic heterocycles. The van der Waals surface area contributed by atoms with Gasteiger partial charge in [0.2, 0.25) is 0 Å². The van der Waals surface area contributed by atoms with Crippen molar-refractivity contribution in [2.24, 2.45) is 0 Å². The van der Waals surface area contributed by atoms with Crippen LogP contribution in [0.1, 0.15) is 18.1 Å². The Hall–Kier alpha value is -1.52. The van der Waals surface area contributed by atoms with Crippen LogP contribution in [-0.2, 0) is 12.8 Å². The summed E-state index contributed by atoms with van der Waals surface area (Å²) in [5.74, 6) is 1.39. The highest BCUT2D eigenvalue weighted by atomic mass is 32.1. The van der Waals surface area contributed by atoms with Gasteiger partial charge in [0, 0.05) is 12.8 Å². The molecule has 0 bridgehead atoms. The van der Waals surface area contributed by atoms with Crippen molar-refractivity contribution in [3.8, 4) is 11.5 Å². The minimum absolute atomic E-state index is 0.573. The summed E-state index contributed by atoms with van der Waals surface area (Å²) in [5.41, 5.74) is 1.42. The highest BCUT2D eigenvalue weighted by Crippen LogP contribution is 2.29. The number of hydrogen-bond acceptors (Lipinski definition) is 4. The molecule has 0 saturated heterocycles. The Bertz CT molecular complexity index is 547. The molecule has 20 heavy (non-hydrogen) atoms. The fraction of sp³-hybridized carbons (Fsp3) is 0.375. The molecule has 1 atom stereocenters. The van der Waals surface area contributed by atoms with Crippen LogP contribution in [0.3, 0.4) is 0 Å². The molecule has 2 aromatic rings. The molecule has 1 N–H and O–H groups in total. The van der Waals surface area contributed by atoms with Crippen molar-refractivity contribution in [1.82, 2.24) is 0 Å². The molecule has 1 aromatic carbocycles. The van der Waals surface area contributed by atoms with Crippen LogP contribution in [0.2, 0.25) is 0 Å². The van der Waals surface area contributed by atoms with Crippen molar-refractivity contribution in [3.05, 3.63) is 46.2 Å². The van der Waals surface area contributed by atoms with Gasteiger partial charge in [-0.2, -0.15) is 11.3 Å². The molecule has 1 unspecified atom stereocenters. The summed E-state index contributed by atoms with van der Waals surface area (Å²) >= 11 is 1.65. The Morgan fingerprint density at radius 3 is 2.35 bits per heavy atom. The van der Waals surface area contributed by atoms with Crippen LogP contribution in [0.25, 0.3) is 0 Å². The smallest absolute Gasteiger partial charge is 0.160 e. The van der Waals surface area contributed by atoms with E-state index < -0.39 is 5.60 Å². The minimum Gasteiger partial charge on any atom is -0.493 e. The van der Waals surface area contributed by atoms with E-state index in [1.165, 1.54) is 5.56 Å². The van der Waals surface area contributed by atoms with E-state index in [1.807, 2.05) is 36.6 Å². The molecule has 0 amide bonds. The van der Waals surface area contributed by atoms with Gasteiger partial charge < -0.3 is 14.6 Å². The SMILES string of the molecule is COc1ccc(CC(C)(O)Cc2ccsc2)cc1OC. The number of ether oxygens (including phenoxy) is 2. The quantitative estimate of drug-likeness (QED) is 0.888. The van der Waals surface area contributed by atoms with E-state index in [1.54, 1.807) is 25.6 Å². The molecule has 0 fully saturated rings. The zero-order valence-electron chi connectivity index (χ0n) is 12.1. The summed E-state index contributed by atoms with van der Waals surface area (Å²) in [4.78, 5) is 0. The number of aliphatic hydroxyl groups is 1. The maximum atomic E-state index is 10.6. The second-order valence-electron chi connectivity index (χ2n) is 5.17. The Morgan fingerprint density at radius 2 is 1.75 bits per heavy atom. The highest BCUT2D eigenvalue weighted by molar-refractivity contribution is 7.07. The van der Waals surface area contributed by atoms with Crippen LogP contribution in [0.4, 0.5) is 0 Å². The zero-order chi connectivity index (χ0) is 14.6. The second kappa shape index (κ2) is 6.29. The van der Waals surface area contributed by atoms with Crippen molar-refractivity contribution >= 4 is 11.3 Å². The predicted molar refractivity (Wildman–Crippen MR) is 81.9 cm³/mol. The molecule has 0 aliphatic carbocycles. The molecular weight excluding hydrogens is 272 g/mol. The number of benzene rings is 1. The lowest BCUT2D eigenvalue weighted by Gasteiger charge is -2.23. The van der Waals surface area contributed by atoms with E-state index >= 15 is 0 Å². The van der Waals surface area contributed by atoms with Crippen LogP contribution in [-0.4, -0.2) is 24.9 Å². The highest BCUT2D eigenvalue weighted by Gasteiger charge is 2.22. The van der Waals surface area contributed by atoms with Gasteiger partial charge in [-0.05, 0) is 47.0 Å². The third-order valence-corrected chi connectivity index (χ3v) is 3.93. The van der Waals surface area contributed by atoms with Crippen molar-refractivity contribution in [2.75, 3.05) is 14.2 Å². The molecule has 0 saturated carbocycles. The van der Waals surface area contributed by atoms with Crippen molar-refractivity contribution in [1.29, 1.82) is 0 Å². The fourth-order valence-electron chi connectivity index (χ4n) is 2.33. The Kier molecular flexibility index (Phi) is 4.68. The third-order valence-electron chi connectivity index (χ3n) is 3.20. The Balaban J connectivity index is 2.12. The molecule has 2 rings (SSSR count). The number of hydrogen-bond donors (Lipinski definition) is 1. The normalized spacial score (nSPS) is 13.8. The molecule has 0 aliphatic rings. The largest absolute Gasteiger partial charge is 0.493 e. The molecular formula is C16H20O3S. The van der Waals surface area contributed by atoms with E-state index in [0.29, 0.717) is 24.3 Å². The zero-order valence-corrected chi connectivity index (χ0v) is 12.9. The van der Waals surface area contributed by atoms with Crippen molar-refractivity contribution in [2.45, 2.75) is 25.4 Å². The van der Waals surface area contributed by atoms with Gasteiger partial charge >= 0.3 is 0 Å². The van der Waals surface area contributed by atoms with Gasteiger partial charge in [-0.15, -0.1) is 0 Å². The van der Waals surface area contributed by atoms with Gasteiger partial charge in [-0.3, -0.25) is 0 Å². The van der Waals surface area contributed by atoms with Gasteiger partial charge in [0.1, 0.15) is 0 Å². The van der Waals surface area contributed by atoms with E-state index in [4.69, 9.17) is 9.47 Å². The minimum atomic E-state index is -0.777. The van der Waals surface area contributed by atoms with Crippen LogP contribution in [0.15, 0.2) is 35.0 Å². The van der Waals surface area contributed by atoms with Gasteiger partial charge in [0.05, 0.1) is 19.8 Å². The van der Waals surface area contributed by atoms with E-state index in [9.17, 15) is 5.11 Å². The molecule has 0 radical (unpaired) electrons. The summed E-state index contributed by atoms with van der Waals surface area (Å²) in [6.45, 7) is 1.86. The van der Waals surface area contributed by atoms with Crippen LogP contribution >= 0.6 is 11.3 Å². The lowest BCUT2D eigenvalue weighted by molar-refractivity contribution is 0.0609. The fourth-order valence-corrected chi connectivity index (χ4v) is 2.99. The van der Waals surface area contributed by atoms with Crippen LogP contribution in [0, 0.1) is 0 Å². The first-order valence-corrected chi connectivity index (χ1v) is 7.43. The summed E-state index contributed by atoms with van der Waals surface area (Å²) in [6.07, 6.45) is 1.22. The molecule has 4 heteroatoms. The molecule has 1 aromatic heterocycles. The van der Waals surface area contributed by atoms with Crippen LogP contribution < -0.4 is 9.47 Å². The van der Waals surface area contributed by atoms with Crippen LogP contribution in [0.5, 0.6) is 11.5 Å². The number of rotatable bonds is 6. The van der Waals surface area contributed by atoms with E-state index in [2.05, 4.69) is 5.38 Å². The topological polar surface area (TPSA) is 38.7 Å². The molecule has 0 spiro atoms. The first-order chi connectivity index (χ1) is 9.54. The first kappa shape index (κ1) is 14.9. The van der Waals surface area contributed by atoms with Gasteiger partial charge in [0.15, 0.2) is 11.5 Å². The summed E-state index contributed by atoms with van der Waals surface area (Å²) in [5, 5.41) is 14.7. The predicted octanol–water partition coefficient (Wildman–Crippen LogP) is 3.30. The Labute approximate surface area is 123 Å². The molecule has 1 heterocycles. The molecule has 108 valence electrons. The summed E-state index contributed by atoms with van der Waals surface area (Å²) < 4.78 is 10.5. The van der Waals surface area contributed by atoms with Crippen molar-refractivity contribution < 1.29 is 14.6 Å². The standard InChI is InChI=1S/C16H20O3S/c1-16(17,10-13-6-7-20-11-13)9-12-4-5-14(18-2)15(8-12)19-3/h4-8,11,17H,9-10H2,1-3H3. The summed E-state index contributed by atoms with van der Waals surface area (Å²) in [6, 6.07) is 7.80. The van der Waals surface area contributed by atoms with Gasteiger partial charge in [-0.1, -0.05) is 6.07 Å². The first-order valence-electron chi connectivity index (χ1n) is 6.48. The van der Waals surface area contributed by atoms with Gasteiger partial charge in [-0.25, -0.2) is 0 Å². The average molecular weight is 292 g/mol. The van der Waals surface area contributed by atoms with Gasteiger partial charge in [0.25, 0.3) is 0 Å². The van der Waals surface area contributed by atoms with E-state index in [0.717, 1.165) is 5.56 Å². The maximum absolute atomic E-state index is 10.6. The third kappa shape index (κ3) is 3.74.